The molecule has 1 aliphatic rings. The zero-order valence-electron chi connectivity index (χ0n) is 17.3. The lowest BCUT2D eigenvalue weighted by Crippen LogP contribution is -2.28. The first-order valence-electron chi connectivity index (χ1n) is 10.2. The lowest BCUT2D eigenvalue weighted by molar-refractivity contribution is -0.120. The minimum absolute atomic E-state index is 0.0226. The number of para-hydroxylation sites is 1. The van der Waals surface area contributed by atoms with Crippen LogP contribution < -0.4 is 15.8 Å². The second-order valence-electron chi connectivity index (χ2n) is 7.80. The number of benzene rings is 1. The van der Waals surface area contributed by atoms with Crippen LogP contribution in [-0.4, -0.2) is 37.5 Å². The van der Waals surface area contributed by atoms with E-state index in [9.17, 15) is 4.79 Å². The second kappa shape index (κ2) is 7.77. The van der Waals surface area contributed by atoms with Crippen molar-refractivity contribution in [3.05, 3.63) is 30.4 Å². The SMILES string of the molecule is COc1cccc2sc(NC(=O)C3CCC(n4cnc5c(N)nc(C)nc54)CC3)nc12. The van der Waals surface area contributed by atoms with Crippen LogP contribution in [0.5, 0.6) is 5.75 Å². The van der Waals surface area contributed by atoms with Crippen molar-refractivity contribution < 1.29 is 9.53 Å². The van der Waals surface area contributed by atoms with E-state index >= 15 is 0 Å². The van der Waals surface area contributed by atoms with E-state index in [0.29, 0.717) is 28.0 Å². The Labute approximate surface area is 182 Å². The Kier molecular flexibility index (Phi) is 4.93. The Morgan fingerprint density at radius 2 is 2.00 bits per heavy atom. The van der Waals surface area contributed by atoms with Crippen LogP contribution in [0.1, 0.15) is 37.5 Å². The number of carbonyl (C=O) groups is 1. The maximum atomic E-state index is 12.9. The van der Waals surface area contributed by atoms with Gasteiger partial charge in [0.25, 0.3) is 0 Å². The highest BCUT2D eigenvalue weighted by Gasteiger charge is 2.29. The minimum Gasteiger partial charge on any atom is -0.494 e. The number of rotatable bonds is 4. The van der Waals surface area contributed by atoms with Gasteiger partial charge in [-0.15, -0.1) is 0 Å². The number of hydrogen-bond acceptors (Lipinski definition) is 8. The van der Waals surface area contributed by atoms with E-state index in [2.05, 4.69) is 29.8 Å². The summed E-state index contributed by atoms with van der Waals surface area (Å²) in [5.41, 5.74) is 8.16. The van der Waals surface area contributed by atoms with Crippen LogP contribution >= 0.6 is 11.3 Å². The fraction of sp³-hybridized carbons (Fsp3) is 0.381. The lowest BCUT2D eigenvalue weighted by Gasteiger charge is -2.28. The molecule has 5 rings (SSSR count). The summed E-state index contributed by atoms with van der Waals surface area (Å²) in [5, 5.41) is 3.61. The van der Waals surface area contributed by atoms with Gasteiger partial charge in [0.2, 0.25) is 5.91 Å². The summed E-state index contributed by atoms with van der Waals surface area (Å²) in [6.07, 6.45) is 5.13. The molecule has 9 nitrogen and oxygen atoms in total. The molecule has 0 radical (unpaired) electrons. The van der Waals surface area contributed by atoms with Crippen molar-refractivity contribution in [1.29, 1.82) is 0 Å². The van der Waals surface area contributed by atoms with E-state index in [-0.39, 0.29) is 17.9 Å². The first-order chi connectivity index (χ1) is 15.0. The summed E-state index contributed by atoms with van der Waals surface area (Å²) in [7, 11) is 1.62. The average Bonchev–Trinajstić information content (AvgIpc) is 3.37. The molecular weight excluding hydrogens is 414 g/mol. The third kappa shape index (κ3) is 3.56. The highest BCUT2D eigenvalue weighted by Crippen LogP contribution is 2.36. The largest absolute Gasteiger partial charge is 0.494 e. The van der Waals surface area contributed by atoms with Crippen LogP contribution in [-0.2, 0) is 4.79 Å². The van der Waals surface area contributed by atoms with E-state index in [1.165, 1.54) is 11.3 Å². The zero-order valence-corrected chi connectivity index (χ0v) is 18.1. The Bertz CT molecular complexity index is 1270. The van der Waals surface area contributed by atoms with Crippen molar-refractivity contribution in [2.45, 2.75) is 38.6 Å². The van der Waals surface area contributed by atoms with E-state index in [1.807, 2.05) is 25.1 Å². The predicted molar refractivity (Wildman–Crippen MR) is 120 cm³/mol. The predicted octanol–water partition coefficient (Wildman–Crippen LogP) is 3.71. The molecule has 160 valence electrons. The van der Waals surface area contributed by atoms with Gasteiger partial charge in [-0.25, -0.2) is 19.9 Å². The third-order valence-electron chi connectivity index (χ3n) is 5.85. The van der Waals surface area contributed by atoms with Crippen LogP contribution in [0.4, 0.5) is 10.9 Å². The van der Waals surface area contributed by atoms with Gasteiger partial charge in [-0.2, -0.15) is 0 Å². The summed E-state index contributed by atoms with van der Waals surface area (Å²) in [5.74, 6) is 1.73. The highest BCUT2D eigenvalue weighted by atomic mass is 32.1. The van der Waals surface area contributed by atoms with Crippen LogP contribution in [0.15, 0.2) is 24.5 Å². The standard InChI is InChI=1S/C21H23N7O2S/c1-11-24-18(22)17-19(25-11)28(10-23-17)13-8-6-12(7-9-13)20(29)27-21-26-16-14(30-2)4-3-5-15(16)31-21/h3-5,10,12-13H,6-9H2,1-2H3,(H2,22,24,25)(H,26,27,29). The van der Waals surface area contributed by atoms with Gasteiger partial charge in [-0.1, -0.05) is 17.4 Å². The van der Waals surface area contributed by atoms with E-state index < -0.39 is 0 Å². The van der Waals surface area contributed by atoms with Gasteiger partial charge in [-0.05, 0) is 44.7 Å². The number of nitrogens with zero attached hydrogens (tertiary/aromatic N) is 5. The first-order valence-corrected chi connectivity index (χ1v) is 11.1. The van der Waals surface area contributed by atoms with Gasteiger partial charge in [0.1, 0.15) is 22.6 Å². The number of aryl methyl sites for hydroxylation is 1. The summed E-state index contributed by atoms with van der Waals surface area (Å²) < 4.78 is 8.43. The van der Waals surface area contributed by atoms with Crippen LogP contribution in [0.2, 0.25) is 0 Å². The van der Waals surface area contributed by atoms with Gasteiger partial charge in [0.15, 0.2) is 16.6 Å². The van der Waals surface area contributed by atoms with Crippen LogP contribution in [0.3, 0.4) is 0 Å². The van der Waals surface area contributed by atoms with Crippen molar-refractivity contribution in [3.63, 3.8) is 0 Å². The zero-order chi connectivity index (χ0) is 21.5. The van der Waals surface area contributed by atoms with Gasteiger partial charge < -0.3 is 20.4 Å². The molecule has 1 fully saturated rings. The van der Waals surface area contributed by atoms with Gasteiger partial charge >= 0.3 is 0 Å². The molecule has 1 amide bonds. The number of methoxy groups -OCH3 is 1. The van der Waals surface area contributed by atoms with Crippen LogP contribution in [0.25, 0.3) is 21.4 Å². The Balaban J connectivity index is 1.27. The summed E-state index contributed by atoms with van der Waals surface area (Å²) >= 11 is 1.46. The number of amides is 1. The van der Waals surface area contributed by atoms with E-state index in [0.717, 1.165) is 41.5 Å². The first kappa shape index (κ1) is 19.7. The number of nitrogens with one attached hydrogen (secondary N) is 1. The molecule has 31 heavy (non-hydrogen) atoms. The smallest absolute Gasteiger partial charge is 0.229 e. The molecule has 3 heterocycles. The fourth-order valence-corrected chi connectivity index (χ4v) is 5.17. The van der Waals surface area contributed by atoms with Crippen molar-refractivity contribution in [3.8, 4) is 5.75 Å². The molecule has 4 aromatic rings. The number of fused-ring (bicyclic) bond motifs is 2. The normalized spacial score (nSPS) is 19.0. The second-order valence-corrected chi connectivity index (χ2v) is 8.83. The molecule has 3 aromatic heterocycles. The van der Waals surface area contributed by atoms with Crippen LogP contribution in [0, 0.1) is 12.8 Å². The van der Waals surface area contributed by atoms with Gasteiger partial charge in [0.05, 0.1) is 18.1 Å². The molecular formula is C21H23N7O2S. The number of carbonyl (C=O) groups excluding carboxylic acids is 1. The number of hydrogen-bond donors (Lipinski definition) is 2. The van der Waals surface area contributed by atoms with Crippen molar-refractivity contribution in [2.75, 3.05) is 18.2 Å². The molecule has 3 N–H and O–H groups in total. The quantitative estimate of drug-likeness (QED) is 0.499. The highest BCUT2D eigenvalue weighted by molar-refractivity contribution is 7.22. The molecule has 10 heteroatoms. The lowest BCUT2D eigenvalue weighted by atomic mass is 9.85. The molecule has 0 aliphatic heterocycles. The van der Waals surface area contributed by atoms with E-state index in [4.69, 9.17) is 10.5 Å². The maximum absolute atomic E-state index is 12.9. The summed E-state index contributed by atoms with van der Waals surface area (Å²) in [4.78, 5) is 30.5. The monoisotopic (exact) mass is 437 g/mol. The van der Waals surface area contributed by atoms with Crippen molar-refractivity contribution in [2.24, 2.45) is 5.92 Å². The molecule has 0 atom stereocenters. The minimum atomic E-state index is -0.0404. The molecule has 0 unspecified atom stereocenters. The van der Waals surface area contributed by atoms with Crippen molar-refractivity contribution in [1.82, 2.24) is 24.5 Å². The number of aromatic nitrogens is 5. The van der Waals surface area contributed by atoms with Gasteiger partial charge in [-0.3, -0.25) is 4.79 Å². The van der Waals surface area contributed by atoms with Crippen molar-refractivity contribution >= 4 is 49.6 Å². The number of nitrogens with two attached hydrogens (primary N) is 1. The number of imidazole rings is 1. The molecule has 1 aromatic carbocycles. The fourth-order valence-electron chi connectivity index (χ4n) is 4.28. The molecule has 0 bridgehead atoms. The third-order valence-corrected chi connectivity index (χ3v) is 6.79. The molecule has 1 aliphatic carbocycles. The Morgan fingerprint density at radius 3 is 2.77 bits per heavy atom. The molecule has 0 spiro atoms. The number of anilines is 2. The van der Waals surface area contributed by atoms with E-state index in [1.54, 1.807) is 13.4 Å². The summed E-state index contributed by atoms with van der Waals surface area (Å²) in [6.45, 7) is 1.83. The maximum Gasteiger partial charge on any atom is 0.229 e. The number of nitrogen functional groups attached to an aromatic ring is 1. The van der Waals surface area contributed by atoms with Gasteiger partial charge in [0, 0.05) is 12.0 Å². The summed E-state index contributed by atoms with van der Waals surface area (Å²) in [6, 6.07) is 6.01. The molecule has 0 saturated heterocycles. The number of ether oxygens (including phenoxy) is 1. The average molecular weight is 438 g/mol. The Morgan fingerprint density at radius 1 is 1.19 bits per heavy atom. The topological polar surface area (TPSA) is 121 Å². The Hall–Kier alpha value is -3.27. The number of thiazole rings is 1. The molecule has 1 saturated carbocycles.